The van der Waals surface area contributed by atoms with Crippen LogP contribution in [0.4, 0.5) is 0 Å². The summed E-state index contributed by atoms with van der Waals surface area (Å²) in [5.74, 6) is -2.33. The summed E-state index contributed by atoms with van der Waals surface area (Å²) >= 11 is 0. The standard InChI is InChI=1S/C19H30O6/c1-4-7-8-9-10-11-12-13-14(19(22)23)15(20)16(21)18(25-6-3)17(13)24-5-2/h20-21H,4-12H2,1-3H3,(H,22,23). The Morgan fingerprint density at radius 1 is 0.840 bits per heavy atom. The van der Waals surface area contributed by atoms with Crippen LogP contribution in [0.2, 0.25) is 0 Å². The molecule has 0 saturated heterocycles. The third kappa shape index (κ3) is 5.44. The molecule has 142 valence electrons. The van der Waals surface area contributed by atoms with Crippen molar-refractivity contribution in [3.05, 3.63) is 11.1 Å². The number of carboxylic acid groups (broad SMARTS) is 1. The fourth-order valence-corrected chi connectivity index (χ4v) is 2.85. The van der Waals surface area contributed by atoms with Crippen molar-refractivity contribution < 1.29 is 29.6 Å². The minimum atomic E-state index is -1.29. The Hall–Kier alpha value is -2.11. The van der Waals surface area contributed by atoms with E-state index in [9.17, 15) is 20.1 Å². The fraction of sp³-hybridized carbons (Fsp3) is 0.632. The molecule has 0 aliphatic rings. The van der Waals surface area contributed by atoms with Crippen LogP contribution in [-0.2, 0) is 6.42 Å². The highest BCUT2D eigenvalue weighted by Crippen LogP contribution is 2.49. The van der Waals surface area contributed by atoms with Gasteiger partial charge in [0.1, 0.15) is 5.56 Å². The molecular weight excluding hydrogens is 324 g/mol. The zero-order valence-corrected chi connectivity index (χ0v) is 15.4. The molecular formula is C19H30O6. The Labute approximate surface area is 149 Å². The van der Waals surface area contributed by atoms with Crippen LogP contribution in [0.25, 0.3) is 0 Å². The quantitative estimate of drug-likeness (QED) is 0.378. The highest BCUT2D eigenvalue weighted by atomic mass is 16.5. The van der Waals surface area contributed by atoms with E-state index in [0.29, 0.717) is 18.6 Å². The third-order valence-electron chi connectivity index (χ3n) is 4.03. The van der Waals surface area contributed by atoms with Crippen molar-refractivity contribution >= 4 is 5.97 Å². The van der Waals surface area contributed by atoms with Gasteiger partial charge in [0.25, 0.3) is 0 Å². The van der Waals surface area contributed by atoms with E-state index in [0.717, 1.165) is 25.7 Å². The minimum Gasteiger partial charge on any atom is -0.504 e. The number of hydrogen-bond donors (Lipinski definition) is 3. The van der Waals surface area contributed by atoms with Crippen molar-refractivity contribution in [1.29, 1.82) is 0 Å². The van der Waals surface area contributed by atoms with Crippen LogP contribution in [0.15, 0.2) is 0 Å². The number of aromatic carboxylic acids is 1. The molecule has 0 aromatic heterocycles. The molecule has 0 atom stereocenters. The molecule has 3 N–H and O–H groups in total. The molecule has 0 heterocycles. The second-order valence-corrected chi connectivity index (χ2v) is 5.90. The van der Waals surface area contributed by atoms with E-state index >= 15 is 0 Å². The summed E-state index contributed by atoms with van der Waals surface area (Å²) in [6, 6.07) is 0. The maximum atomic E-state index is 11.6. The zero-order chi connectivity index (χ0) is 18.8. The number of aromatic hydroxyl groups is 2. The van der Waals surface area contributed by atoms with E-state index in [1.165, 1.54) is 12.8 Å². The number of rotatable bonds is 12. The van der Waals surface area contributed by atoms with E-state index in [4.69, 9.17) is 9.47 Å². The highest BCUT2D eigenvalue weighted by Gasteiger charge is 2.29. The summed E-state index contributed by atoms with van der Waals surface area (Å²) in [4.78, 5) is 11.6. The summed E-state index contributed by atoms with van der Waals surface area (Å²) in [6.45, 7) is 6.23. The molecule has 0 unspecified atom stereocenters. The maximum Gasteiger partial charge on any atom is 0.340 e. The molecule has 6 heteroatoms. The number of benzene rings is 1. The van der Waals surface area contributed by atoms with Gasteiger partial charge in [-0.15, -0.1) is 0 Å². The molecule has 0 amide bonds. The monoisotopic (exact) mass is 354 g/mol. The Kier molecular flexibility index (Phi) is 8.95. The number of phenolic OH excluding ortho intramolecular Hbond substituents is 1. The van der Waals surface area contributed by atoms with Crippen LogP contribution >= 0.6 is 0 Å². The first-order valence-electron chi connectivity index (χ1n) is 9.09. The smallest absolute Gasteiger partial charge is 0.340 e. The lowest BCUT2D eigenvalue weighted by Gasteiger charge is -2.20. The molecule has 6 nitrogen and oxygen atoms in total. The fourth-order valence-electron chi connectivity index (χ4n) is 2.85. The van der Waals surface area contributed by atoms with Crippen LogP contribution < -0.4 is 9.47 Å². The Balaban J connectivity index is 3.18. The maximum absolute atomic E-state index is 11.6. The van der Waals surface area contributed by atoms with Gasteiger partial charge in [-0.25, -0.2) is 4.79 Å². The second-order valence-electron chi connectivity index (χ2n) is 5.90. The lowest BCUT2D eigenvalue weighted by atomic mass is 9.97. The number of carboxylic acids is 1. The largest absolute Gasteiger partial charge is 0.504 e. The van der Waals surface area contributed by atoms with Crippen molar-refractivity contribution in [2.24, 2.45) is 0 Å². The number of ether oxygens (including phenoxy) is 2. The van der Waals surface area contributed by atoms with E-state index in [1.807, 2.05) is 0 Å². The SMILES string of the molecule is CCCCCCCCc1c(OCC)c(OCC)c(O)c(O)c1C(=O)O. The van der Waals surface area contributed by atoms with Gasteiger partial charge in [0.05, 0.1) is 13.2 Å². The predicted octanol–water partition coefficient (Wildman–Crippen LogP) is 4.50. The van der Waals surface area contributed by atoms with Gasteiger partial charge < -0.3 is 24.8 Å². The van der Waals surface area contributed by atoms with Gasteiger partial charge in [-0.1, -0.05) is 39.0 Å². The Bertz CT molecular complexity index is 568. The van der Waals surface area contributed by atoms with Gasteiger partial charge in [0.2, 0.25) is 11.5 Å². The molecule has 25 heavy (non-hydrogen) atoms. The van der Waals surface area contributed by atoms with E-state index < -0.39 is 17.5 Å². The number of carbonyl (C=O) groups is 1. The summed E-state index contributed by atoms with van der Waals surface area (Å²) in [5.41, 5.74) is 0.0709. The predicted molar refractivity (Wildman–Crippen MR) is 96.1 cm³/mol. The van der Waals surface area contributed by atoms with Crippen molar-refractivity contribution in [1.82, 2.24) is 0 Å². The lowest BCUT2D eigenvalue weighted by molar-refractivity contribution is 0.0690. The average Bonchev–Trinajstić information content (AvgIpc) is 2.57. The number of unbranched alkanes of at least 4 members (excludes halogenated alkanes) is 5. The Morgan fingerprint density at radius 3 is 1.96 bits per heavy atom. The minimum absolute atomic E-state index is 0.00725. The van der Waals surface area contributed by atoms with E-state index in [2.05, 4.69) is 6.92 Å². The summed E-state index contributed by atoms with van der Waals surface area (Å²) in [6.07, 6.45) is 6.79. The van der Waals surface area contributed by atoms with Crippen LogP contribution in [0.3, 0.4) is 0 Å². The van der Waals surface area contributed by atoms with Gasteiger partial charge in [0, 0.05) is 5.56 Å². The van der Waals surface area contributed by atoms with Crippen molar-refractivity contribution in [2.45, 2.75) is 65.7 Å². The third-order valence-corrected chi connectivity index (χ3v) is 4.03. The van der Waals surface area contributed by atoms with E-state index in [-0.39, 0.29) is 23.7 Å². The normalized spacial score (nSPS) is 10.7. The van der Waals surface area contributed by atoms with Crippen LogP contribution in [0.5, 0.6) is 23.0 Å². The molecule has 1 aromatic rings. The van der Waals surface area contributed by atoms with Crippen LogP contribution in [0, 0.1) is 0 Å². The van der Waals surface area contributed by atoms with Crippen LogP contribution in [-0.4, -0.2) is 34.5 Å². The van der Waals surface area contributed by atoms with Crippen LogP contribution in [0.1, 0.15) is 75.2 Å². The number of hydrogen-bond acceptors (Lipinski definition) is 5. The molecule has 0 aliphatic heterocycles. The first-order chi connectivity index (χ1) is 12.0. The number of phenols is 2. The van der Waals surface area contributed by atoms with Crippen molar-refractivity contribution in [2.75, 3.05) is 13.2 Å². The molecule has 0 bridgehead atoms. The van der Waals surface area contributed by atoms with Gasteiger partial charge in [-0.3, -0.25) is 0 Å². The van der Waals surface area contributed by atoms with Gasteiger partial charge >= 0.3 is 5.97 Å². The molecule has 0 fully saturated rings. The lowest BCUT2D eigenvalue weighted by Crippen LogP contribution is -2.09. The van der Waals surface area contributed by atoms with Gasteiger partial charge in [0.15, 0.2) is 11.5 Å². The first-order valence-corrected chi connectivity index (χ1v) is 9.09. The first kappa shape index (κ1) is 20.9. The molecule has 1 aromatic carbocycles. The van der Waals surface area contributed by atoms with Gasteiger partial charge in [-0.2, -0.15) is 0 Å². The second kappa shape index (κ2) is 10.7. The van der Waals surface area contributed by atoms with Crippen molar-refractivity contribution in [3.8, 4) is 23.0 Å². The highest BCUT2D eigenvalue weighted by molar-refractivity contribution is 5.95. The zero-order valence-electron chi connectivity index (χ0n) is 15.4. The molecule has 0 saturated carbocycles. The van der Waals surface area contributed by atoms with Crippen molar-refractivity contribution in [3.63, 3.8) is 0 Å². The van der Waals surface area contributed by atoms with Gasteiger partial charge in [-0.05, 0) is 26.7 Å². The molecule has 0 radical (unpaired) electrons. The van der Waals surface area contributed by atoms with E-state index in [1.54, 1.807) is 13.8 Å². The average molecular weight is 354 g/mol. The summed E-state index contributed by atoms with van der Waals surface area (Å²) in [5, 5.41) is 29.8. The molecule has 0 spiro atoms. The topological polar surface area (TPSA) is 96.2 Å². The Morgan fingerprint density at radius 2 is 1.40 bits per heavy atom. The molecule has 1 rings (SSSR count). The molecule has 0 aliphatic carbocycles. The summed E-state index contributed by atoms with van der Waals surface area (Å²) < 4.78 is 11.0. The summed E-state index contributed by atoms with van der Waals surface area (Å²) in [7, 11) is 0.